The third kappa shape index (κ3) is 23.2. The van der Waals surface area contributed by atoms with Crippen molar-refractivity contribution in [2.75, 3.05) is 58.6 Å². The fourth-order valence-corrected chi connectivity index (χ4v) is 26.6. The van der Waals surface area contributed by atoms with E-state index < -0.39 is 40.1 Å². The van der Waals surface area contributed by atoms with Gasteiger partial charge in [0.15, 0.2) is 0 Å². The van der Waals surface area contributed by atoms with Gasteiger partial charge in [-0.3, -0.25) is 4.68 Å². The summed E-state index contributed by atoms with van der Waals surface area (Å²) in [4.78, 5) is 29.2. The molecule has 0 amide bonds. The van der Waals surface area contributed by atoms with Crippen molar-refractivity contribution in [2.24, 2.45) is 28.2 Å². The molecular formula is C103H106N22O9S6. The lowest BCUT2D eigenvalue weighted by Gasteiger charge is -2.40. The molecule has 0 spiro atoms. The molecular weight excluding hydrogens is 1880 g/mol. The maximum atomic E-state index is 14.2. The van der Waals surface area contributed by atoms with Crippen molar-refractivity contribution in [3.05, 3.63) is 374 Å². The SMILES string of the molecule is CCCS(=O)(=O)N1Cc2cc(C#N)ccc2N(Cc2cnc[nH]2)C[C@H]1Cc1ccccc1.COc1ccc(S(=O)(=O)N2Cc3cc(C#N)ccc3N(Cc3cncn3C)C[C@H]2Cc2ccccc2)cc1.Cn1cc(S(=O)(=O)N(Cc2ccsc2)C2Cc3cc(C#N)ccc3N(Cc3cncn3C)C2)cn1.Cn1cncc1CN1C[C@@H](Cc2ccccc2)N(S(=O)(=O)c2cccs2)Cc2cc(C#N)ccc21. The van der Waals surface area contributed by atoms with Crippen LogP contribution in [0.2, 0.25) is 0 Å². The molecule has 0 bridgehead atoms. The second-order valence-corrected chi connectivity index (χ2v) is 44.6. The summed E-state index contributed by atoms with van der Waals surface area (Å²) in [5, 5.41) is 47.9. The highest BCUT2D eigenvalue weighted by Crippen LogP contribution is 2.41. The summed E-state index contributed by atoms with van der Waals surface area (Å²) < 4.78 is 130. The molecule has 718 valence electrons. The number of H-pyrrole nitrogens is 1. The van der Waals surface area contributed by atoms with Gasteiger partial charge in [-0.05, 0) is 202 Å². The lowest BCUT2D eigenvalue weighted by Crippen LogP contribution is -2.50. The van der Waals surface area contributed by atoms with Crippen LogP contribution in [0.25, 0.3) is 0 Å². The van der Waals surface area contributed by atoms with E-state index >= 15 is 0 Å². The number of aryl methyl sites for hydroxylation is 4. The number of aromatic nitrogens is 10. The van der Waals surface area contributed by atoms with Gasteiger partial charge in [0.2, 0.25) is 30.1 Å². The van der Waals surface area contributed by atoms with Crippen molar-refractivity contribution in [2.45, 2.75) is 130 Å². The van der Waals surface area contributed by atoms with Gasteiger partial charge in [0, 0.05) is 158 Å². The zero-order valence-corrected chi connectivity index (χ0v) is 83.1. The first kappa shape index (κ1) is 98.8. The van der Waals surface area contributed by atoms with Crippen LogP contribution in [0, 0.1) is 45.3 Å². The number of hydrogen-bond donors (Lipinski definition) is 1. The Morgan fingerprint density at radius 3 is 1.30 bits per heavy atom. The minimum Gasteiger partial charge on any atom is -0.497 e. The van der Waals surface area contributed by atoms with Crippen LogP contribution in [-0.2, 0) is 146 Å². The number of thiophene rings is 2. The monoisotopic (exact) mass is 1990 g/mol. The molecule has 0 fully saturated rings. The molecule has 15 aromatic rings. The summed E-state index contributed by atoms with van der Waals surface area (Å²) in [6.07, 6.45) is 19.9. The molecule has 140 heavy (non-hydrogen) atoms. The number of rotatable bonds is 27. The first-order valence-electron chi connectivity index (χ1n) is 45.5. The Balaban J connectivity index is 0.000000135. The highest BCUT2D eigenvalue weighted by Gasteiger charge is 2.43. The zero-order chi connectivity index (χ0) is 98.2. The minimum atomic E-state index is -3.88. The number of aromatic amines is 1. The van der Waals surface area contributed by atoms with Gasteiger partial charge in [-0.2, -0.15) is 54.7 Å². The van der Waals surface area contributed by atoms with Crippen LogP contribution in [0.5, 0.6) is 5.75 Å². The van der Waals surface area contributed by atoms with E-state index in [0.29, 0.717) is 117 Å². The van der Waals surface area contributed by atoms with Crippen molar-refractivity contribution >= 4 is 85.5 Å². The number of nitrogens with one attached hydrogen (secondary N) is 1. The number of fused-ring (bicyclic) bond motifs is 4. The molecule has 31 nitrogen and oxygen atoms in total. The van der Waals surface area contributed by atoms with Crippen LogP contribution in [0.15, 0.2) is 299 Å². The van der Waals surface area contributed by atoms with Crippen LogP contribution in [-0.4, -0.2) is 163 Å². The van der Waals surface area contributed by atoms with Gasteiger partial charge in [0.05, 0.1) is 145 Å². The number of nitrogens with zero attached hydrogens (tertiary/aromatic N) is 21. The second-order valence-electron chi connectivity index (χ2n) is 34.9. The third-order valence-corrected chi connectivity index (χ3v) is 35.2. The van der Waals surface area contributed by atoms with Crippen molar-refractivity contribution in [3.8, 4) is 30.0 Å². The average molecular weight is 1990 g/mol. The van der Waals surface area contributed by atoms with Gasteiger partial charge in [-0.25, -0.2) is 53.6 Å². The number of anilines is 4. The predicted octanol–water partition coefficient (Wildman–Crippen LogP) is 14.7. The fourth-order valence-electron chi connectivity index (χ4n) is 18.3. The maximum Gasteiger partial charge on any atom is 0.253 e. The Morgan fingerprint density at radius 2 is 0.900 bits per heavy atom. The number of nitriles is 4. The lowest BCUT2D eigenvalue weighted by molar-refractivity contribution is 0.302. The largest absolute Gasteiger partial charge is 0.497 e. The number of methoxy groups -OCH3 is 1. The Kier molecular flexibility index (Phi) is 31.3. The van der Waals surface area contributed by atoms with E-state index in [1.165, 1.54) is 28.4 Å². The van der Waals surface area contributed by atoms with Gasteiger partial charge in [0.1, 0.15) is 14.9 Å². The summed E-state index contributed by atoms with van der Waals surface area (Å²) in [5.74, 6) is 0.693. The molecule has 37 heteroatoms. The number of sulfonamides is 4. The van der Waals surface area contributed by atoms with Gasteiger partial charge in [-0.1, -0.05) is 104 Å². The van der Waals surface area contributed by atoms with Gasteiger partial charge in [-0.15, -0.1) is 11.3 Å². The topological polar surface area (TPSA) is 367 Å². The molecule has 7 aromatic heterocycles. The standard InChI is InChI=1S/C29H29N5O3S.C26H25N5O2S2.C24H25N7O2S2.C24H27N5O2S/c1-32-21-31-17-26(32)20-33-19-25(15-22-6-4-3-5-7-22)34(18-24-14-23(16-30)8-13-29(24)33)38(35,36)28-11-9-27(37-2)10-12-28;1-29-19-28-15-24(29)18-30-17-23(13-20-6-3-2-4-7-20)31(35(32,33)26-8-5-11-34-26)16-22-12-21(14-27)9-10-25(22)30;1-28-17-26-10-22(28)14-30-13-21(8-20-7-18(9-25)3-4-24(20)30)31(12-19-5-6-34-16-19)35(32,33)23-11-27-29(2)15-23;1-2-10-32(30,31)29-15-21-11-20(13-25)8-9-24(21)28(16-22-14-26-18-27-22)17-23(29)12-19-6-4-3-5-7-19/h3-14,17,21,25H,15,18-20H2,1-2H3;2-12,15,19,23H,13,16-18H2,1H3;3-7,10-11,15-17,21H,8,12-14H2,1-2H3;3-9,11,14,18,23H,2,10,12,15-17H2,1H3,(H,26,27)/t25-;23-;;23-/m11.1/s1. The second kappa shape index (κ2) is 44.3. The minimum absolute atomic E-state index is 0.103. The smallest absolute Gasteiger partial charge is 0.253 e. The summed E-state index contributed by atoms with van der Waals surface area (Å²) >= 11 is 2.77. The van der Waals surface area contributed by atoms with Crippen LogP contribution < -0.4 is 24.3 Å². The van der Waals surface area contributed by atoms with Crippen molar-refractivity contribution in [1.29, 1.82) is 21.0 Å². The number of benzene rings is 8. The molecule has 1 N–H and O–H groups in total. The summed E-state index contributed by atoms with van der Waals surface area (Å²) in [7, 11) is -5.82. The van der Waals surface area contributed by atoms with Crippen molar-refractivity contribution in [1.82, 2.24) is 65.6 Å². The maximum absolute atomic E-state index is 14.2. The Bertz CT molecular complexity index is 7450. The molecule has 0 saturated carbocycles. The Morgan fingerprint density at radius 1 is 0.457 bits per heavy atom. The normalized spacial score (nSPS) is 16.2. The van der Waals surface area contributed by atoms with Gasteiger partial charge < -0.3 is 43.0 Å². The van der Waals surface area contributed by atoms with E-state index in [9.17, 15) is 54.7 Å². The molecule has 0 radical (unpaired) electrons. The van der Waals surface area contributed by atoms with Crippen molar-refractivity contribution < 1.29 is 38.4 Å². The fraction of sp³-hybridized carbons (Fsp3) is 0.272. The average Bonchev–Trinajstić information content (AvgIpc) is 1.32. The molecule has 1 unspecified atom stereocenters. The van der Waals surface area contributed by atoms with E-state index in [1.807, 2.05) is 217 Å². The van der Waals surface area contributed by atoms with E-state index in [1.54, 1.807) is 140 Å². The Hall–Kier alpha value is -14.2. The molecule has 4 atom stereocenters. The van der Waals surface area contributed by atoms with E-state index in [0.717, 1.165) is 90.0 Å². The summed E-state index contributed by atoms with van der Waals surface area (Å²) in [6.45, 7) is 7.04. The quantitative estimate of drug-likeness (QED) is 0.0499. The van der Waals surface area contributed by atoms with Crippen LogP contribution in [0.1, 0.15) is 103 Å². The van der Waals surface area contributed by atoms with E-state index in [4.69, 9.17) is 4.74 Å². The molecule has 0 saturated heterocycles. The molecule has 4 aliphatic rings. The summed E-state index contributed by atoms with van der Waals surface area (Å²) in [5.41, 5.74) is 17.5. The van der Waals surface area contributed by atoms with Crippen LogP contribution in [0.3, 0.4) is 0 Å². The van der Waals surface area contributed by atoms with Crippen molar-refractivity contribution in [3.63, 3.8) is 0 Å². The molecule has 0 aliphatic carbocycles. The van der Waals surface area contributed by atoms with Crippen LogP contribution in [0.4, 0.5) is 22.7 Å². The van der Waals surface area contributed by atoms with Crippen LogP contribution >= 0.6 is 22.7 Å². The number of ether oxygens (including phenoxy) is 1. The summed E-state index contributed by atoms with van der Waals surface area (Å²) in [6, 6.07) is 71.6. The van der Waals surface area contributed by atoms with Gasteiger partial charge in [0.25, 0.3) is 10.0 Å². The first-order chi connectivity index (χ1) is 67.7. The predicted molar refractivity (Wildman–Crippen MR) is 539 cm³/mol. The molecule has 19 rings (SSSR count). The lowest BCUT2D eigenvalue weighted by atomic mass is 9.95. The first-order valence-corrected chi connectivity index (χ1v) is 53.2. The van der Waals surface area contributed by atoms with E-state index in [-0.39, 0.29) is 65.9 Å². The van der Waals surface area contributed by atoms with E-state index in [2.05, 4.69) is 73.9 Å². The highest BCUT2D eigenvalue weighted by atomic mass is 32.2. The number of hydrogen-bond acceptors (Lipinski definition) is 24. The molecule has 4 aliphatic heterocycles. The van der Waals surface area contributed by atoms with Gasteiger partial charge >= 0.3 is 0 Å². The molecule has 11 heterocycles. The Labute approximate surface area is 825 Å². The highest BCUT2D eigenvalue weighted by molar-refractivity contribution is 7.91. The third-order valence-electron chi connectivity index (χ3n) is 25.4. The molecule has 8 aromatic carbocycles. The number of imidazole rings is 4. The zero-order valence-electron chi connectivity index (χ0n) is 78.2.